The number of H-pyrrole nitrogens is 1. The molecule has 2 N–H and O–H groups in total. The Morgan fingerprint density at radius 1 is 1.50 bits per heavy atom. The third kappa shape index (κ3) is 2.78. The molecule has 8 heteroatoms. The van der Waals surface area contributed by atoms with Crippen LogP contribution in [0, 0.1) is 13.8 Å². The summed E-state index contributed by atoms with van der Waals surface area (Å²) in [6.07, 6.45) is -0.831. The molecule has 0 aliphatic heterocycles. The lowest BCUT2D eigenvalue weighted by molar-refractivity contribution is 0.158. The summed E-state index contributed by atoms with van der Waals surface area (Å²) in [5.41, 5.74) is 0.930. The fourth-order valence-corrected chi connectivity index (χ4v) is 4.19. The highest BCUT2D eigenvalue weighted by molar-refractivity contribution is 7.89. The van der Waals surface area contributed by atoms with Crippen molar-refractivity contribution in [1.82, 2.24) is 14.5 Å². The summed E-state index contributed by atoms with van der Waals surface area (Å²) in [5.74, 6) is 0. The molecule has 2 rings (SSSR count). The summed E-state index contributed by atoms with van der Waals surface area (Å²) in [4.78, 5) is 0.922. The Morgan fingerprint density at radius 2 is 2.20 bits per heavy atom. The van der Waals surface area contributed by atoms with Gasteiger partial charge >= 0.3 is 0 Å². The molecule has 0 spiro atoms. The number of aromatic nitrogens is 2. The number of nitrogens with zero attached hydrogens (tertiary/aromatic N) is 2. The highest BCUT2D eigenvalue weighted by Crippen LogP contribution is 2.24. The molecule has 2 aromatic heterocycles. The van der Waals surface area contributed by atoms with Gasteiger partial charge in [-0.1, -0.05) is 6.07 Å². The molecule has 6 nitrogen and oxygen atoms in total. The average molecular weight is 315 g/mol. The molecular formula is C12H17N3O3S2. The Balaban J connectivity index is 2.22. The molecule has 0 bridgehead atoms. The summed E-state index contributed by atoms with van der Waals surface area (Å²) in [6, 6.07) is 3.60. The highest BCUT2D eigenvalue weighted by atomic mass is 32.2. The second-order valence-electron chi connectivity index (χ2n) is 4.58. The van der Waals surface area contributed by atoms with Crippen LogP contribution in [0.1, 0.15) is 22.4 Å². The van der Waals surface area contributed by atoms with Gasteiger partial charge in [-0.15, -0.1) is 11.3 Å². The van der Waals surface area contributed by atoms with Gasteiger partial charge in [0.25, 0.3) is 0 Å². The zero-order chi connectivity index (χ0) is 14.9. The maximum Gasteiger partial charge on any atom is 0.246 e. The molecular weight excluding hydrogens is 298 g/mol. The maximum absolute atomic E-state index is 12.5. The molecule has 0 saturated carbocycles. The molecule has 0 aromatic carbocycles. The Kier molecular flexibility index (Phi) is 4.28. The number of aliphatic hydroxyl groups is 1. The zero-order valence-corrected chi connectivity index (χ0v) is 13.1. The number of aromatic amines is 1. The van der Waals surface area contributed by atoms with Crippen LogP contribution in [0.2, 0.25) is 0 Å². The molecule has 1 atom stereocenters. The standard InChI is InChI=1S/C12H17N3O3S2/c1-8-12(9(2)14-13-8)20(17,18)15(3)7-10(16)11-5-4-6-19-11/h4-6,10,16H,7H2,1-3H3,(H,13,14). The normalized spacial score (nSPS) is 13.8. The molecule has 0 aliphatic carbocycles. The number of aliphatic hydroxyl groups excluding tert-OH is 1. The van der Waals surface area contributed by atoms with E-state index in [0.29, 0.717) is 11.4 Å². The van der Waals surface area contributed by atoms with Gasteiger partial charge in [-0.25, -0.2) is 8.42 Å². The van der Waals surface area contributed by atoms with Crippen molar-refractivity contribution in [2.24, 2.45) is 0 Å². The quantitative estimate of drug-likeness (QED) is 0.874. The highest BCUT2D eigenvalue weighted by Gasteiger charge is 2.28. The van der Waals surface area contributed by atoms with Crippen LogP contribution in [0.4, 0.5) is 0 Å². The number of rotatable bonds is 5. The summed E-state index contributed by atoms with van der Waals surface area (Å²) >= 11 is 1.40. The molecule has 0 saturated heterocycles. The molecule has 0 fully saturated rings. The van der Waals surface area contributed by atoms with Crippen LogP contribution in [0.15, 0.2) is 22.4 Å². The van der Waals surface area contributed by atoms with Gasteiger partial charge in [-0.2, -0.15) is 9.40 Å². The lowest BCUT2D eigenvalue weighted by atomic mass is 10.3. The number of hydrogen-bond acceptors (Lipinski definition) is 5. The van der Waals surface area contributed by atoms with Crippen LogP contribution in [0.5, 0.6) is 0 Å². The van der Waals surface area contributed by atoms with Crippen LogP contribution in [0.25, 0.3) is 0 Å². The first kappa shape index (κ1) is 15.2. The van der Waals surface area contributed by atoms with Gasteiger partial charge in [-0.3, -0.25) is 5.10 Å². The predicted octanol–water partition coefficient (Wildman–Crippen LogP) is 1.44. The topological polar surface area (TPSA) is 86.3 Å². The summed E-state index contributed by atoms with van der Waals surface area (Å²) in [5, 5.41) is 18.5. The van der Waals surface area contributed by atoms with E-state index >= 15 is 0 Å². The Morgan fingerprint density at radius 3 is 2.70 bits per heavy atom. The molecule has 110 valence electrons. The third-order valence-electron chi connectivity index (χ3n) is 3.03. The first-order chi connectivity index (χ1) is 9.34. The smallest absolute Gasteiger partial charge is 0.246 e. The number of aryl methyl sites for hydroxylation is 2. The van der Waals surface area contributed by atoms with E-state index < -0.39 is 16.1 Å². The van der Waals surface area contributed by atoms with Gasteiger partial charge < -0.3 is 5.11 Å². The van der Waals surface area contributed by atoms with Gasteiger partial charge in [0.2, 0.25) is 10.0 Å². The maximum atomic E-state index is 12.5. The van der Waals surface area contributed by atoms with Crippen molar-refractivity contribution in [2.75, 3.05) is 13.6 Å². The van der Waals surface area contributed by atoms with E-state index in [0.717, 1.165) is 9.18 Å². The van der Waals surface area contributed by atoms with Gasteiger partial charge in [0.1, 0.15) is 11.0 Å². The van der Waals surface area contributed by atoms with Crippen LogP contribution in [0.3, 0.4) is 0 Å². The van der Waals surface area contributed by atoms with Crippen molar-refractivity contribution in [2.45, 2.75) is 24.8 Å². The van der Waals surface area contributed by atoms with Crippen molar-refractivity contribution in [3.05, 3.63) is 33.8 Å². The molecule has 2 aromatic rings. The lowest BCUT2D eigenvalue weighted by Crippen LogP contribution is -2.31. The second kappa shape index (κ2) is 5.65. The van der Waals surface area contributed by atoms with E-state index in [1.54, 1.807) is 19.9 Å². The molecule has 0 amide bonds. The number of likely N-dealkylation sites (N-methyl/N-ethyl adjacent to an activating group) is 1. The zero-order valence-electron chi connectivity index (χ0n) is 11.5. The van der Waals surface area contributed by atoms with Crippen LogP contribution in [-0.4, -0.2) is 41.6 Å². The lowest BCUT2D eigenvalue weighted by Gasteiger charge is -2.20. The van der Waals surface area contributed by atoms with Crippen molar-refractivity contribution in [1.29, 1.82) is 0 Å². The van der Waals surface area contributed by atoms with Crippen LogP contribution in [-0.2, 0) is 10.0 Å². The van der Waals surface area contributed by atoms with E-state index in [9.17, 15) is 13.5 Å². The van der Waals surface area contributed by atoms with Crippen molar-refractivity contribution in [3.63, 3.8) is 0 Å². The fourth-order valence-electron chi connectivity index (χ4n) is 1.99. The first-order valence-electron chi connectivity index (χ1n) is 6.03. The SMILES string of the molecule is Cc1n[nH]c(C)c1S(=O)(=O)N(C)CC(O)c1cccs1. The van der Waals surface area contributed by atoms with E-state index in [-0.39, 0.29) is 11.4 Å². The third-order valence-corrected chi connectivity index (χ3v) is 6.09. The summed E-state index contributed by atoms with van der Waals surface area (Å²) in [6.45, 7) is 3.31. The average Bonchev–Trinajstić information content (AvgIpc) is 2.99. The first-order valence-corrected chi connectivity index (χ1v) is 8.35. The van der Waals surface area contributed by atoms with Gasteiger partial charge in [0, 0.05) is 18.5 Å². The van der Waals surface area contributed by atoms with Crippen molar-refractivity contribution >= 4 is 21.4 Å². The van der Waals surface area contributed by atoms with Gasteiger partial charge in [0.15, 0.2) is 0 Å². The van der Waals surface area contributed by atoms with Crippen LogP contribution < -0.4 is 0 Å². The largest absolute Gasteiger partial charge is 0.386 e. The van der Waals surface area contributed by atoms with Crippen molar-refractivity contribution in [3.8, 4) is 0 Å². The minimum atomic E-state index is -3.66. The van der Waals surface area contributed by atoms with E-state index in [2.05, 4.69) is 10.2 Å². The Bertz CT molecular complexity index is 657. The van der Waals surface area contributed by atoms with E-state index in [1.165, 1.54) is 18.4 Å². The predicted molar refractivity (Wildman–Crippen MR) is 77.2 cm³/mol. The van der Waals surface area contributed by atoms with E-state index in [4.69, 9.17) is 0 Å². The van der Waals surface area contributed by atoms with Gasteiger partial charge in [-0.05, 0) is 25.3 Å². The molecule has 0 aliphatic rings. The number of nitrogens with one attached hydrogen (secondary N) is 1. The number of hydrogen-bond donors (Lipinski definition) is 2. The molecule has 2 heterocycles. The molecule has 0 radical (unpaired) electrons. The second-order valence-corrected chi connectivity index (χ2v) is 7.54. The minimum Gasteiger partial charge on any atom is -0.386 e. The van der Waals surface area contributed by atoms with Crippen LogP contribution >= 0.6 is 11.3 Å². The van der Waals surface area contributed by atoms with Gasteiger partial charge in [0.05, 0.1) is 11.4 Å². The molecule has 1 unspecified atom stereocenters. The fraction of sp³-hybridized carbons (Fsp3) is 0.417. The Hall–Kier alpha value is -1.22. The monoisotopic (exact) mass is 315 g/mol. The summed E-state index contributed by atoms with van der Waals surface area (Å²) < 4.78 is 26.2. The van der Waals surface area contributed by atoms with E-state index in [1.807, 2.05) is 11.4 Å². The van der Waals surface area contributed by atoms with Crippen molar-refractivity contribution < 1.29 is 13.5 Å². The Labute approximate surface area is 122 Å². The number of sulfonamides is 1. The summed E-state index contributed by atoms with van der Waals surface area (Å²) in [7, 11) is -2.20. The minimum absolute atomic E-state index is 0.00685. The molecule has 20 heavy (non-hydrogen) atoms. The number of thiophene rings is 1.